The molecule has 0 spiro atoms. The smallest absolute Gasteiger partial charge is 0.232 e. The molecule has 9 aromatic rings. The van der Waals surface area contributed by atoms with E-state index in [2.05, 4.69) is 187 Å². The summed E-state index contributed by atoms with van der Waals surface area (Å²) in [5, 5.41) is 13.3. The van der Waals surface area contributed by atoms with Crippen molar-refractivity contribution in [3.05, 3.63) is 245 Å². The summed E-state index contributed by atoms with van der Waals surface area (Å²) in [6.45, 7) is 7.17. The second-order valence-corrected chi connectivity index (χ2v) is 16.7. The summed E-state index contributed by atoms with van der Waals surface area (Å²) in [6, 6.07) is 73.2. The maximum Gasteiger partial charge on any atom is 0.232 e. The van der Waals surface area contributed by atoms with Gasteiger partial charge in [-0.15, -0.1) is 0 Å². The summed E-state index contributed by atoms with van der Waals surface area (Å²) in [4.78, 5) is 11.4. The van der Waals surface area contributed by atoms with Crippen LogP contribution in [0.5, 0.6) is 11.5 Å². The fourth-order valence-corrected chi connectivity index (χ4v) is 7.68. The predicted octanol–water partition coefficient (Wildman–Crippen LogP) is 18.1. The van der Waals surface area contributed by atoms with E-state index in [9.17, 15) is 5.11 Å². The largest absolute Gasteiger partial charge is 0.508 e. The van der Waals surface area contributed by atoms with Crippen LogP contribution >= 0.6 is 34.8 Å². The Bertz CT molecular complexity index is 2500. The minimum Gasteiger partial charge on any atom is -0.508 e. The number of nitrogens with zero attached hydrogens (tertiary/aromatic N) is 3. The van der Waals surface area contributed by atoms with Gasteiger partial charge in [-0.05, 0) is 100 Å². The van der Waals surface area contributed by atoms with Gasteiger partial charge in [0.15, 0.2) is 0 Å². The van der Waals surface area contributed by atoms with Gasteiger partial charge in [0.25, 0.3) is 0 Å². The first-order chi connectivity index (χ1) is 34.3. The number of benzene rings is 8. The van der Waals surface area contributed by atoms with Crippen molar-refractivity contribution in [1.82, 2.24) is 15.0 Å². The van der Waals surface area contributed by atoms with Crippen molar-refractivity contribution in [3.63, 3.8) is 0 Å². The monoisotopic (exact) mass is 986 g/mol. The number of aromatic hydroxyl groups is 1. The van der Waals surface area contributed by atoms with Gasteiger partial charge in [-0.2, -0.15) is 15.0 Å². The Labute approximate surface area is 430 Å². The Kier molecular flexibility index (Phi) is 24.1. The van der Waals surface area contributed by atoms with E-state index in [0.29, 0.717) is 16.5 Å². The second-order valence-electron chi connectivity index (χ2n) is 15.7. The lowest BCUT2D eigenvalue weighted by molar-refractivity contribution is 0.301. The average Bonchev–Trinajstić information content (AvgIpc) is 3.41. The van der Waals surface area contributed by atoms with E-state index >= 15 is 0 Å². The summed E-state index contributed by atoms with van der Waals surface area (Å²) in [5.41, 5.74) is 10.5. The van der Waals surface area contributed by atoms with Crippen LogP contribution in [-0.2, 0) is 12.8 Å². The van der Waals surface area contributed by atoms with Gasteiger partial charge in [0, 0.05) is 11.1 Å². The molecule has 0 unspecified atom stereocenters. The van der Waals surface area contributed by atoms with E-state index in [0.717, 1.165) is 42.7 Å². The third kappa shape index (κ3) is 18.9. The summed E-state index contributed by atoms with van der Waals surface area (Å²) in [6.07, 6.45) is 6.62. The minimum absolute atomic E-state index is 0.0227. The molecule has 2 N–H and O–H groups in total. The summed E-state index contributed by atoms with van der Waals surface area (Å²) >= 11 is 17.2. The molecule has 0 fully saturated rings. The number of rotatable bonds is 13. The van der Waals surface area contributed by atoms with Crippen LogP contribution in [0, 0.1) is 0 Å². The van der Waals surface area contributed by atoms with Gasteiger partial charge in [0.2, 0.25) is 16.5 Å². The van der Waals surface area contributed by atoms with E-state index in [4.69, 9.17) is 39.5 Å². The lowest BCUT2D eigenvalue weighted by Gasteiger charge is -2.15. The molecule has 9 rings (SSSR count). The normalized spacial score (nSPS) is 10.0. The predicted molar refractivity (Wildman–Crippen MR) is 297 cm³/mol. The number of anilines is 2. The SMILES string of the molecule is CCCCCCOc1ccc(O)c(CC)c1CC.Clc1nc(Cl)nc(Nc2ccccc2Cl)n1.c1ccc(-c2ccccc2)cc1.c1ccc(-c2ccccc2)cc1.c1ccc(-c2ccccc2)cc1. The van der Waals surface area contributed by atoms with Crippen LogP contribution in [0.3, 0.4) is 0 Å². The van der Waals surface area contributed by atoms with E-state index in [1.165, 1.54) is 52.6 Å². The zero-order valence-corrected chi connectivity index (χ0v) is 42.3. The molecule has 6 nitrogen and oxygen atoms in total. The van der Waals surface area contributed by atoms with E-state index in [1.807, 2.05) is 54.6 Å². The number of ether oxygens (including phenoxy) is 1. The van der Waals surface area contributed by atoms with Gasteiger partial charge in [0.05, 0.1) is 17.3 Å². The molecule has 0 atom stereocenters. The Morgan fingerprint density at radius 1 is 0.414 bits per heavy atom. The summed E-state index contributed by atoms with van der Waals surface area (Å²) < 4.78 is 5.86. The van der Waals surface area contributed by atoms with Crippen LogP contribution in [0.25, 0.3) is 33.4 Å². The van der Waals surface area contributed by atoms with Gasteiger partial charge in [0.1, 0.15) is 11.5 Å². The van der Waals surface area contributed by atoms with Gasteiger partial charge in [-0.3, -0.25) is 0 Å². The number of hydrogen-bond donors (Lipinski definition) is 2. The number of nitrogens with one attached hydrogen (secondary N) is 1. The van der Waals surface area contributed by atoms with Crippen LogP contribution in [0.4, 0.5) is 11.6 Å². The molecule has 0 saturated heterocycles. The third-order valence-electron chi connectivity index (χ3n) is 10.7. The Balaban J connectivity index is 0.000000164. The maximum atomic E-state index is 9.83. The quantitative estimate of drug-likeness (QED) is 0.112. The first-order valence-electron chi connectivity index (χ1n) is 23.7. The lowest BCUT2D eigenvalue weighted by Crippen LogP contribution is -2.02. The number of phenols is 1. The average molecular weight is 989 g/mol. The number of phenolic OH excluding ortho intramolecular Hbond substituents is 1. The molecule has 0 aliphatic heterocycles. The van der Waals surface area contributed by atoms with Crippen molar-refractivity contribution in [2.75, 3.05) is 11.9 Å². The summed E-state index contributed by atoms with van der Waals surface area (Å²) in [5.74, 6) is 1.59. The molecule has 0 amide bonds. The molecule has 0 radical (unpaired) electrons. The van der Waals surface area contributed by atoms with Crippen molar-refractivity contribution in [2.24, 2.45) is 0 Å². The number of aromatic nitrogens is 3. The highest BCUT2D eigenvalue weighted by molar-refractivity contribution is 6.33. The Hall–Kier alpha value is -6.96. The molecular weight excluding hydrogens is 927 g/mol. The van der Waals surface area contributed by atoms with E-state index in [1.54, 1.807) is 18.2 Å². The van der Waals surface area contributed by atoms with Crippen LogP contribution in [0.2, 0.25) is 15.6 Å². The van der Waals surface area contributed by atoms with Crippen LogP contribution < -0.4 is 10.1 Å². The molecule has 0 aliphatic carbocycles. The summed E-state index contributed by atoms with van der Waals surface area (Å²) in [7, 11) is 0. The second kappa shape index (κ2) is 31.2. The molecule has 9 heteroatoms. The number of halogens is 3. The first kappa shape index (κ1) is 54.0. The molecule has 1 heterocycles. The molecular formula is C61H61Cl3N4O2. The standard InChI is InChI=1S/C16H26O2.3C12H10.C9H5Cl3N4/c1-4-7-8-9-12-18-16-11-10-15(17)13(5-2)14(16)6-3;3*1-3-7-11(8-4-1)12-9-5-2-6-10-12;10-5-3-1-2-4-6(5)13-9-15-7(11)14-8(12)16-9/h10-11,17H,4-9,12H2,1-3H3;3*1-10H;1-4H,(H,13,14,15,16). The zero-order chi connectivity index (χ0) is 49.6. The van der Waals surface area contributed by atoms with Crippen molar-refractivity contribution >= 4 is 46.4 Å². The number of hydrogen-bond acceptors (Lipinski definition) is 6. The van der Waals surface area contributed by atoms with Gasteiger partial charge in [-0.25, -0.2) is 0 Å². The van der Waals surface area contributed by atoms with Crippen LogP contribution in [-0.4, -0.2) is 26.7 Å². The van der Waals surface area contributed by atoms with Gasteiger partial charge < -0.3 is 15.2 Å². The molecule has 8 aromatic carbocycles. The molecule has 0 saturated carbocycles. The van der Waals surface area contributed by atoms with Crippen LogP contribution in [0.15, 0.2) is 218 Å². The molecule has 70 heavy (non-hydrogen) atoms. The van der Waals surface area contributed by atoms with Crippen LogP contribution in [0.1, 0.15) is 57.6 Å². The van der Waals surface area contributed by atoms with E-state index in [-0.39, 0.29) is 16.5 Å². The molecule has 358 valence electrons. The Morgan fingerprint density at radius 2 is 0.786 bits per heavy atom. The molecule has 1 aromatic heterocycles. The highest BCUT2D eigenvalue weighted by atomic mass is 35.5. The van der Waals surface area contributed by atoms with Gasteiger partial charge in [-0.1, -0.05) is 246 Å². The molecule has 0 aliphatic rings. The van der Waals surface area contributed by atoms with E-state index < -0.39 is 0 Å². The Morgan fingerprint density at radius 3 is 1.14 bits per heavy atom. The highest BCUT2D eigenvalue weighted by Crippen LogP contribution is 2.31. The number of para-hydroxylation sites is 1. The van der Waals surface area contributed by atoms with Gasteiger partial charge >= 0.3 is 0 Å². The fourth-order valence-electron chi connectivity index (χ4n) is 7.14. The van der Waals surface area contributed by atoms with Crippen molar-refractivity contribution < 1.29 is 9.84 Å². The maximum absolute atomic E-state index is 9.83. The zero-order valence-electron chi connectivity index (χ0n) is 40.1. The van der Waals surface area contributed by atoms with Crippen molar-refractivity contribution in [2.45, 2.75) is 59.3 Å². The third-order valence-corrected chi connectivity index (χ3v) is 11.3. The fraction of sp³-hybridized carbons (Fsp3) is 0.164. The number of unbranched alkanes of at least 4 members (excludes halogenated alkanes) is 3. The lowest BCUT2D eigenvalue weighted by atomic mass is 10.0. The van der Waals surface area contributed by atoms with Crippen molar-refractivity contribution in [3.8, 4) is 44.9 Å². The van der Waals surface area contributed by atoms with Crippen molar-refractivity contribution in [1.29, 1.82) is 0 Å². The highest BCUT2D eigenvalue weighted by Gasteiger charge is 2.11. The first-order valence-corrected chi connectivity index (χ1v) is 24.8. The topological polar surface area (TPSA) is 80.2 Å². The molecule has 0 bridgehead atoms. The minimum atomic E-state index is 0.0227.